The molecule has 2 N–H and O–H groups in total. The molecule has 1 aromatic heterocycles. The zero-order chi connectivity index (χ0) is 17.7. The van der Waals surface area contributed by atoms with Crippen molar-refractivity contribution in [2.45, 2.75) is 13.0 Å². The van der Waals surface area contributed by atoms with Crippen LogP contribution in [0.4, 0.5) is 10.5 Å². The number of benzene rings is 1. The summed E-state index contributed by atoms with van der Waals surface area (Å²) in [5.41, 5.74) is 1.54. The number of nitrogens with zero attached hydrogens (tertiary/aromatic N) is 1. The summed E-state index contributed by atoms with van der Waals surface area (Å²) in [6, 6.07) is 8.06. The summed E-state index contributed by atoms with van der Waals surface area (Å²) in [4.78, 5) is 24.4. The van der Waals surface area contributed by atoms with Crippen LogP contribution in [0.3, 0.4) is 0 Å². The van der Waals surface area contributed by atoms with Crippen molar-refractivity contribution in [3.05, 3.63) is 63.0 Å². The van der Waals surface area contributed by atoms with E-state index < -0.39 is 6.03 Å². The number of rotatable bonds is 5. The van der Waals surface area contributed by atoms with Crippen LogP contribution in [0.5, 0.6) is 0 Å². The maximum Gasteiger partial charge on any atom is 0.319 e. The standard InChI is InChI=1S/C17H20ClN3O3/c1-11-8-9-21(2)16(22)15(11)20-17(23)19-14(10-24-3)12-4-6-13(18)7-5-12/h4-9,14H,10H2,1-3H3,(H2,19,20,23)/t14-/m0/s1. The van der Waals surface area contributed by atoms with Gasteiger partial charge in [0.2, 0.25) is 0 Å². The Labute approximate surface area is 145 Å². The number of pyridine rings is 1. The number of methoxy groups -OCH3 is 1. The third-order valence-corrected chi connectivity index (χ3v) is 3.88. The molecule has 7 heteroatoms. The van der Waals surface area contributed by atoms with Gasteiger partial charge in [0.25, 0.3) is 5.56 Å². The number of halogens is 1. The molecule has 0 spiro atoms. The van der Waals surface area contributed by atoms with E-state index in [1.165, 1.54) is 4.57 Å². The van der Waals surface area contributed by atoms with Crippen LogP contribution in [0, 0.1) is 6.92 Å². The van der Waals surface area contributed by atoms with Gasteiger partial charge in [-0.05, 0) is 36.2 Å². The number of hydrogen-bond donors (Lipinski definition) is 2. The minimum absolute atomic E-state index is 0.254. The molecule has 0 saturated heterocycles. The largest absolute Gasteiger partial charge is 0.382 e. The molecule has 24 heavy (non-hydrogen) atoms. The van der Waals surface area contributed by atoms with Crippen molar-refractivity contribution in [2.24, 2.45) is 7.05 Å². The smallest absolute Gasteiger partial charge is 0.319 e. The van der Waals surface area contributed by atoms with E-state index in [0.717, 1.165) is 5.56 Å². The van der Waals surface area contributed by atoms with Gasteiger partial charge in [-0.25, -0.2) is 4.79 Å². The molecule has 1 heterocycles. The van der Waals surface area contributed by atoms with Crippen molar-refractivity contribution in [1.82, 2.24) is 9.88 Å². The van der Waals surface area contributed by atoms with Gasteiger partial charge in [-0.2, -0.15) is 0 Å². The minimum Gasteiger partial charge on any atom is -0.382 e. The van der Waals surface area contributed by atoms with Gasteiger partial charge in [-0.1, -0.05) is 23.7 Å². The molecule has 0 unspecified atom stereocenters. The van der Waals surface area contributed by atoms with E-state index in [0.29, 0.717) is 17.2 Å². The number of carbonyl (C=O) groups excluding carboxylic acids is 1. The fraction of sp³-hybridized carbons (Fsp3) is 0.294. The van der Waals surface area contributed by atoms with Gasteiger partial charge in [0.1, 0.15) is 5.69 Å². The molecule has 0 aliphatic heterocycles. The Morgan fingerprint density at radius 3 is 2.58 bits per heavy atom. The second-order valence-electron chi connectivity index (χ2n) is 5.45. The normalized spacial score (nSPS) is 11.8. The molecular weight excluding hydrogens is 330 g/mol. The van der Waals surface area contributed by atoms with Gasteiger partial charge in [0.05, 0.1) is 12.6 Å². The Kier molecular flexibility index (Phi) is 6.00. The van der Waals surface area contributed by atoms with Gasteiger partial charge < -0.3 is 19.9 Å². The highest BCUT2D eigenvalue weighted by atomic mass is 35.5. The molecule has 0 aliphatic rings. The summed E-state index contributed by atoms with van der Waals surface area (Å²) < 4.78 is 6.58. The van der Waals surface area contributed by atoms with Gasteiger partial charge >= 0.3 is 6.03 Å². The first-order valence-corrected chi connectivity index (χ1v) is 7.78. The molecular formula is C17H20ClN3O3. The Bertz CT molecular complexity index is 772. The molecule has 0 bridgehead atoms. The SMILES string of the molecule is COC[C@H](NC(=O)Nc1c(C)ccn(C)c1=O)c1ccc(Cl)cc1. The zero-order valence-corrected chi connectivity index (χ0v) is 14.6. The Balaban J connectivity index is 2.16. The monoisotopic (exact) mass is 349 g/mol. The van der Waals surface area contributed by atoms with E-state index in [9.17, 15) is 9.59 Å². The minimum atomic E-state index is -0.474. The average molecular weight is 350 g/mol. The van der Waals surface area contributed by atoms with Gasteiger partial charge in [0.15, 0.2) is 0 Å². The Morgan fingerprint density at radius 1 is 1.29 bits per heavy atom. The van der Waals surface area contributed by atoms with Crippen molar-refractivity contribution in [1.29, 1.82) is 0 Å². The first kappa shape index (κ1) is 18.0. The lowest BCUT2D eigenvalue weighted by atomic mass is 10.1. The van der Waals surface area contributed by atoms with E-state index in [-0.39, 0.29) is 17.3 Å². The third kappa shape index (κ3) is 4.37. The Hall–Kier alpha value is -2.31. The number of amides is 2. The molecule has 1 aromatic carbocycles. The molecule has 0 radical (unpaired) electrons. The van der Waals surface area contributed by atoms with Crippen LogP contribution in [0.2, 0.25) is 5.02 Å². The summed E-state index contributed by atoms with van der Waals surface area (Å²) in [6.07, 6.45) is 1.65. The second-order valence-corrected chi connectivity index (χ2v) is 5.88. The predicted octanol–water partition coefficient (Wildman–Crippen LogP) is 2.86. The van der Waals surface area contributed by atoms with E-state index in [2.05, 4.69) is 10.6 Å². The summed E-state index contributed by atoms with van der Waals surface area (Å²) in [5.74, 6) is 0. The highest BCUT2D eigenvalue weighted by Gasteiger charge is 2.16. The van der Waals surface area contributed by atoms with Crippen LogP contribution in [-0.2, 0) is 11.8 Å². The van der Waals surface area contributed by atoms with Gasteiger partial charge in [-0.3, -0.25) is 4.79 Å². The molecule has 2 rings (SSSR count). The Morgan fingerprint density at radius 2 is 1.96 bits per heavy atom. The number of ether oxygens (including phenoxy) is 1. The molecule has 2 aromatic rings. The third-order valence-electron chi connectivity index (χ3n) is 3.63. The summed E-state index contributed by atoms with van der Waals surface area (Å²) >= 11 is 5.89. The first-order chi connectivity index (χ1) is 11.4. The predicted molar refractivity (Wildman–Crippen MR) is 94.6 cm³/mol. The molecule has 1 atom stereocenters. The maximum atomic E-state index is 12.3. The van der Waals surface area contributed by atoms with Crippen LogP contribution >= 0.6 is 11.6 Å². The number of aryl methyl sites for hydroxylation is 2. The van der Waals surface area contributed by atoms with Crippen molar-refractivity contribution >= 4 is 23.3 Å². The summed E-state index contributed by atoms with van der Waals surface area (Å²) in [6.45, 7) is 2.06. The molecule has 0 saturated carbocycles. The number of urea groups is 1. The lowest BCUT2D eigenvalue weighted by Crippen LogP contribution is -2.37. The van der Waals surface area contributed by atoms with Crippen LogP contribution in [0.25, 0.3) is 0 Å². The number of hydrogen-bond acceptors (Lipinski definition) is 3. The fourth-order valence-electron chi connectivity index (χ4n) is 2.26. The van der Waals surface area contributed by atoms with Crippen LogP contribution in [0.1, 0.15) is 17.2 Å². The number of aromatic nitrogens is 1. The van der Waals surface area contributed by atoms with Crippen molar-refractivity contribution < 1.29 is 9.53 Å². The molecule has 128 valence electrons. The highest BCUT2D eigenvalue weighted by Crippen LogP contribution is 2.17. The fourth-order valence-corrected chi connectivity index (χ4v) is 2.39. The van der Waals surface area contributed by atoms with Crippen molar-refractivity contribution in [3.63, 3.8) is 0 Å². The zero-order valence-electron chi connectivity index (χ0n) is 13.8. The summed E-state index contributed by atoms with van der Waals surface area (Å²) in [5, 5.41) is 6.05. The van der Waals surface area contributed by atoms with Gasteiger partial charge in [-0.15, -0.1) is 0 Å². The molecule has 0 aliphatic carbocycles. The van der Waals surface area contributed by atoms with E-state index in [1.807, 2.05) is 12.1 Å². The topological polar surface area (TPSA) is 72.4 Å². The lowest BCUT2D eigenvalue weighted by molar-refractivity contribution is 0.168. The molecule has 2 amide bonds. The number of nitrogens with one attached hydrogen (secondary N) is 2. The van der Waals surface area contributed by atoms with Crippen LogP contribution in [-0.4, -0.2) is 24.3 Å². The van der Waals surface area contributed by atoms with Crippen molar-refractivity contribution in [2.75, 3.05) is 19.0 Å². The highest BCUT2D eigenvalue weighted by molar-refractivity contribution is 6.30. The van der Waals surface area contributed by atoms with Crippen LogP contribution in [0.15, 0.2) is 41.3 Å². The second kappa shape index (κ2) is 7.99. The van der Waals surface area contributed by atoms with Gasteiger partial charge in [0, 0.05) is 25.4 Å². The van der Waals surface area contributed by atoms with E-state index in [4.69, 9.17) is 16.3 Å². The molecule has 0 fully saturated rings. The average Bonchev–Trinajstić information content (AvgIpc) is 2.55. The number of anilines is 1. The van der Waals surface area contributed by atoms with Crippen molar-refractivity contribution in [3.8, 4) is 0 Å². The van der Waals surface area contributed by atoms with E-state index >= 15 is 0 Å². The molecule has 6 nitrogen and oxygen atoms in total. The lowest BCUT2D eigenvalue weighted by Gasteiger charge is -2.19. The summed E-state index contributed by atoms with van der Waals surface area (Å²) in [7, 11) is 3.19. The van der Waals surface area contributed by atoms with Crippen LogP contribution < -0.4 is 16.2 Å². The first-order valence-electron chi connectivity index (χ1n) is 7.40. The number of carbonyl (C=O) groups is 1. The quantitative estimate of drug-likeness (QED) is 0.871. The maximum absolute atomic E-state index is 12.3. The van der Waals surface area contributed by atoms with E-state index in [1.54, 1.807) is 45.5 Å².